The van der Waals surface area contributed by atoms with Gasteiger partial charge in [0.2, 0.25) is 0 Å². The Morgan fingerprint density at radius 1 is 1.29 bits per heavy atom. The summed E-state index contributed by atoms with van der Waals surface area (Å²) in [5.41, 5.74) is 1.23. The van der Waals surface area contributed by atoms with E-state index in [2.05, 4.69) is 9.17 Å². The molecule has 0 spiro atoms. The highest BCUT2D eigenvalue weighted by atomic mass is 32.2. The lowest BCUT2D eigenvalue weighted by atomic mass is 9.91. The number of rotatable bonds is 3. The summed E-state index contributed by atoms with van der Waals surface area (Å²) in [5, 5.41) is 0. The van der Waals surface area contributed by atoms with Gasteiger partial charge in [-0.15, -0.1) is 0 Å². The van der Waals surface area contributed by atoms with Crippen LogP contribution < -0.4 is 0 Å². The molecule has 1 saturated heterocycles. The van der Waals surface area contributed by atoms with Crippen molar-refractivity contribution in [3.63, 3.8) is 0 Å². The largest absolute Gasteiger partial charge is 0.338 e. The lowest BCUT2D eigenvalue weighted by molar-refractivity contribution is 0.269. The highest BCUT2D eigenvalue weighted by Gasteiger charge is 2.28. The van der Waals surface area contributed by atoms with Crippen LogP contribution in [0.4, 0.5) is 0 Å². The Morgan fingerprint density at radius 2 is 1.88 bits per heavy atom. The fourth-order valence-electron chi connectivity index (χ4n) is 2.15. The maximum atomic E-state index is 11.5. The second-order valence-corrected chi connectivity index (χ2v) is 5.78. The van der Waals surface area contributed by atoms with Crippen LogP contribution in [0.5, 0.6) is 0 Å². The highest BCUT2D eigenvalue weighted by molar-refractivity contribution is 7.84. The van der Waals surface area contributed by atoms with Gasteiger partial charge < -0.3 is 0 Å². The zero-order valence-corrected chi connectivity index (χ0v) is 10.6. The van der Waals surface area contributed by atoms with Gasteiger partial charge in [0.25, 0.3) is 0 Å². The van der Waals surface area contributed by atoms with E-state index in [1.165, 1.54) is 17.0 Å². The van der Waals surface area contributed by atoms with Crippen molar-refractivity contribution in [1.29, 1.82) is 0 Å². The van der Waals surface area contributed by atoms with E-state index in [-0.39, 0.29) is 0 Å². The van der Waals surface area contributed by atoms with E-state index in [9.17, 15) is 8.42 Å². The van der Waals surface area contributed by atoms with Gasteiger partial charge >= 0.3 is 10.3 Å². The first kappa shape index (κ1) is 12.5. The van der Waals surface area contributed by atoms with Gasteiger partial charge in [0.1, 0.15) is 0 Å². The monoisotopic (exact) mass is 256 g/mol. The first-order valence-electron chi connectivity index (χ1n) is 5.59. The highest BCUT2D eigenvalue weighted by Crippen LogP contribution is 2.28. The van der Waals surface area contributed by atoms with Gasteiger partial charge in [-0.25, -0.2) is 0 Å². The number of aromatic nitrogens is 1. The third kappa shape index (κ3) is 2.83. The molecule has 1 aliphatic rings. The normalized spacial score (nSPS) is 19.4. The van der Waals surface area contributed by atoms with Gasteiger partial charge in [0.05, 0.1) is 7.11 Å². The van der Waals surface area contributed by atoms with E-state index in [1.807, 2.05) is 12.1 Å². The summed E-state index contributed by atoms with van der Waals surface area (Å²) >= 11 is 0. The molecule has 0 aliphatic carbocycles. The minimum Gasteiger partial charge on any atom is -0.265 e. The standard InChI is InChI=1S/C11H16N2O3S/c1-16-17(14,15)13-8-4-11(5-9-13)10-2-6-12-7-3-10/h2-3,6-7,11H,4-5,8-9H2,1H3. The molecule has 1 aromatic rings. The van der Waals surface area contributed by atoms with Gasteiger partial charge in [0, 0.05) is 25.5 Å². The predicted octanol–water partition coefficient (Wildman–Crippen LogP) is 1.15. The molecule has 0 bridgehead atoms. The van der Waals surface area contributed by atoms with Gasteiger partial charge in [-0.3, -0.25) is 9.17 Å². The fraction of sp³-hybridized carbons (Fsp3) is 0.545. The second-order valence-electron chi connectivity index (χ2n) is 4.08. The molecule has 0 radical (unpaired) electrons. The van der Waals surface area contributed by atoms with Gasteiger partial charge in [-0.2, -0.15) is 12.7 Å². The summed E-state index contributed by atoms with van der Waals surface area (Å²) < 4.78 is 28.9. The van der Waals surface area contributed by atoms with E-state index in [4.69, 9.17) is 0 Å². The molecule has 0 unspecified atom stereocenters. The predicted molar refractivity (Wildman–Crippen MR) is 63.7 cm³/mol. The summed E-state index contributed by atoms with van der Waals surface area (Å²) in [6, 6.07) is 3.98. The number of hydrogen-bond acceptors (Lipinski definition) is 4. The minimum atomic E-state index is -3.51. The molecule has 2 heterocycles. The van der Waals surface area contributed by atoms with Crippen LogP contribution in [0.25, 0.3) is 0 Å². The molecule has 17 heavy (non-hydrogen) atoms. The van der Waals surface area contributed by atoms with E-state index in [0.29, 0.717) is 19.0 Å². The van der Waals surface area contributed by atoms with E-state index in [1.54, 1.807) is 12.4 Å². The molecule has 2 rings (SSSR count). The average Bonchev–Trinajstić information content (AvgIpc) is 2.40. The third-order valence-electron chi connectivity index (χ3n) is 3.16. The van der Waals surface area contributed by atoms with Crippen molar-refractivity contribution in [3.05, 3.63) is 30.1 Å². The summed E-state index contributed by atoms with van der Waals surface area (Å²) in [7, 11) is -2.31. The molecule has 0 N–H and O–H groups in total. The van der Waals surface area contributed by atoms with E-state index in [0.717, 1.165) is 12.8 Å². The summed E-state index contributed by atoms with van der Waals surface area (Å²) in [4.78, 5) is 3.98. The Kier molecular flexibility index (Phi) is 3.76. The summed E-state index contributed by atoms with van der Waals surface area (Å²) in [5.74, 6) is 0.418. The second kappa shape index (κ2) is 5.12. The molecule has 5 nitrogen and oxygen atoms in total. The first-order chi connectivity index (χ1) is 8.13. The lowest BCUT2D eigenvalue weighted by Crippen LogP contribution is -2.38. The Morgan fingerprint density at radius 3 is 2.41 bits per heavy atom. The maximum absolute atomic E-state index is 11.5. The maximum Gasteiger partial charge on any atom is 0.338 e. The fourth-order valence-corrected chi connectivity index (χ4v) is 3.02. The Balaban J connectivity index is 2.00. The molecule has 1 aromatic heterocycles. The van der Waals surface area contributed by atoms with Crippen molar-refractivity contribution in [3.8, 4) is 0 Å². The smallest absolute Gasteiger partial charge is 0.265 e. The van der Waals surface area contributed by atoms with Crippen LogP contribution in [0.2, 0.25) is 0 Å². The van der Waals surface area contributed by atoms with Crippen LogP contribution >= 0.6 is 0 Å². The van der Waals surface area contributed by atoms with Gasteiger partial charge in [0.15, 0.2) is 0 Å². The average molecular weight is 256 g/mol. The van der Waals surface area contributed by atoms with Gasteiger partial charge in [-0.1, -0.05) is 0 Å². The minimum absolute atomic E-state index is 0.418. The zero-order valence-electron chi connectivity index (χ0n) is 9.74. The Labute approximate surface area is 102 Å². The molecule has 1 aliphatic heterocycles. The van der Waals surface area contributed by atoms with Crippen LogP contribution in [0.3, 0.4) is 0 Å². The first-order valence-corrected chi connectivity index (χ1v) is 6.95. The molecule has 0 atom stereocenters. The molecule has 6 heteroatoms. The van der Waals surface area contributed by atoms with Crippen LogP contribution in [-0.4, -0.2) is 37.9 Å². The van der Waals surface area contributed by atoms with Crippen LogP contribution in [0.1, 0.15) is 24.3 Å². The van der Waals surface area contributed by atoms with Crippen LogP contribution in [0, 0.1) is 0 Å². The summed E-state index contributed by atoms with van der Waals surface area (Å²) in [6.07, 6.45) is 5.19. The van der Waals surface area contributed by atoms with Crippen molar-refractivity contribution in [2.75, 3.05) is 20.2 Å². The van der Waals surface area contributed by atoms with E-state index < -0.39 is 10.3 Å². The zero-order chi connectivity index (χ0) is 12.3. The topological polar surface area (TPSA) is 59.5 Å². The van der Waals surface area contributed by atoms with Crippen molar-refractivity contribution in [2.45, 2.75) is 18.8 Å². The van der Waals surface area contributed by atoms with Crippen molar-refractivity contribution >= 4 is 10.3 Å². The SMILES string of the molecule is COS(=O)(=O)N1CCC(c2ccncc2)CC1. The molecule has 94 valence electrons. The lowest BCUT2D eigenvalue weighted by Gasteiger charge is -2.30. The number of pyridine rings is 1. The number of nitrogens with zero attached hydrogens (tertiary/aromatic N) is 2. The number of hydrogen-bond donors (Lipinski definition) is 0. The van der Waals surface area contributed by atoms with Crippen molar-refractivity contribution in [2.24, 2.45) is 0 Å². The Bertz CT molecular complexity index is 453. The van der Waals surface area contributed by atoms with E-state index >= 15 is 0 Å². The molecule has 0 aromatic carbocycles. The number of piperidine rings is 1. The van der Waals surface area contributed by atoms with Crippen LogP contribution in [0.15, 0.2) is 24.5 Å². The molecule has 0 amide bonds. The molecule has 0 saturated carbocycles. The molecular formula is C11H16N2O3S. The molecule has 1 fully saturated rings. The summed E-state index contributed by atoms with van der Waals surface area (Å²) in [6.45, 7) is 1.03. The van der Waals surface area contributed by atoms with Crippen molar-refractivity contribution in [1.82, 2.24) is 9.29 Å². The van der Waals surface area contributed by atoms with Crippen LogP contribution in [-0.2, 0) is 14.5 Å². The molecular weight excluding hydrogens is 240 g/mol. The van der Waals surface area contributed by atoms with Gasteiger partial charge in [-0.05, 0) is 36.5 Å². The quantitative estimate of drug-likeness (QED) is 0.814. The van der Waals surface area contributed by atoms with Crippen molar-refractivity contribution < 1.29 is 12.6 Å². The third-order valence-corrected chi connectivity index (χ3v) is 4.58. The Hall–Kier alpha value is -0.980.